The molecule has 0 aromatic rings. The first-order chi connectivity index (χ1) is 10.9. The maximum absolute atomic E-state index is 12.2. The van der Waals surface area contributed by atoms with E-state index in [1.165, 1.54) is 5.57 Å². The SMILES string of the molecule is CC(=O)[C@@]1(O)CCC2C3CCC4=CC(=O)CC[C@H]4C3CC[C@]21C. The summed E-state index contributed by atoms with van der Waals surface area (Å²) in [6, 6.07) is 0. The standard InChI is InChI=1S/C20H28O3/c1-12(21)20(23)10-8-18-17-5-3-13-11-14(22)4-6-15(13)16(17)7-9-19(18,20)2/h11,15-18,23H,3-10H2,1-2H3/t15-,16?,17?,18?,19-,20+/m1/s1. The van der Waals surface area contributed by atoms with Crippen LogP contribution in [0.15, 0.2) is 11.6 Å². The van der Waals surface area contributed by atoms with Crippen LogP contribution in [0.3, 0.4) is 0 Å². The van der Waals surface area contributed by atoms with Crippen LogP contribution in [-0.4, -0.2) is 22.3 Å². The Morgan fingerprint density at radius 1 is 1.13 bits per heavy atom. The van der Waals surface area contributed by atoms with Crippen molar-refractivity contribution in [1.29, 1.82) is 0 Å². The molecule has 4 rings (SSSR count). The highest BCUT2D eigenvalue weighted by Crippen LogP contribution is 2.64. The van der Waals surface area contributed by atoms with Crippen molar-refractivity contribution in [2.45, 2.75) is 70.8 Å². The molecule has 3 nitrogen and oxygen atoms in total. The van der Waals surface area contributed by atoms with Gasteiger partial charge >= 0.3 is 0 Å². The van der Waals surface area contributed by atoms with Gasteiger partial charge in [-0.15, -0.1) is 0 Å². The van der Waals surface area contributed by atoms with Crippen molar-refractivity contribution in [3.63, 3.8) is 0 Å². The molecular weight excluding hydrogens is 288 g/mol. The van der Waals surface area contributed by atoms with Gasteiger partial charge in [0.2, 0.25) is 0 Å². The molecule has 3 heteroatoms. The fourth-order valence-electron chi connectivity index (χ4n) is 6.78. The van der Waals surface area contributed by atoms with E-state index < -0.39 is 5.60 Å². The molecule has 0 radical (unpaired) electrons. The number of aliphatic hydroxyl groups is 1. The molecule has 3 saturated carbocycles. The van der Waals surface area contributed by atoms with Gasteiger partial charge in [0.1, 0.15) is 5.60 Å². The molecule has 4 aliphatic rings. The van der Waals surface area contributed by atoms with Gasteiger partial charge in [-0.1, -0.05) is 12.5 Å². The number of ketones is 2. The van der Waals surface area contributed by atoms with E-state index in [1.54, 1.807) is 6.92 Å². The van der Waals surface area contributed by atoms with Gasteiger partial charge < -0.3 is 5.11 Å². The van der Waals surface area contributed by atoms with Crippen molar-refractivity contribution >= 4 is 11.6 Å². The van der Waals surface area contributed by atoms with Gasteiger partial charge in [-0.25, -0.2) is 0 Å². The largest absolute Gasteiger partial charge is 0.382 e. The number of allylic oxidation sites excluding steroid dienone is 1. The number of carbonyl (C=O) groups is 2. The number of hydrogen-bond donors (Lipinski definition) is 1. The van der Waals surface area contributed by atoms with Crippen LogP contribution < -0.4 is 0 Å². The molecule has 0 bridgehead atoms. The molecule has 6 atom stereocenters. The molecule has 4 aliphatic carbocycles. The Bertz CT molecular complexity index is 592. The van der Waals surface area contributed by atoms with E-state index in [0.717, 1.165) is 38.5 Å². The summed E-state index contributed by atoms with van der Waals surface area (Å²) in [5.74, 6) is 2.60. The lowest BCUT2D eigenvalue weighted by Gasteiger charge is -2.55. The zero-order valence-electron chi connectivity index (χ0n) is 14.3. The second-order valence-corrected chi connectivity index (χ2v) is 8.71. The van der Waals surface area contributed by atoms with E-state index in [9.17, 15) is 14.7 Å². The zero-order chi connectivity index (χ0) is 16.4. The lowest BCUT2D eigenvalue weighted by Crippen LogP contribution is -2.55. The van der Waals surface area contributed by atoms with Crippen LogP contribution in [0.5, 0.6) is 0 Å². The topological polar surface area (TPSA) is 54.4 Å². The predicted molar refractivity (Wildman–Crippen MR) is 87.7 cm³/mol. The highest BCUT2D eigenvalue weighted by Gasteiger charge is 2.64. The summed E-state index contributed by atoms with van der Waals surface area (Å²) in [5.41, 5.74) is 0.0402. The number of carbonyl (C=O) groups excluding carboxylic acids is 2. The molecule has 1 N–H and O–H groups in total. The minimum atomic E-state index is -1.11. The van der Waals surface area contributed by atoms with Crippen molar-refractivity contribution < 1.29 is 14.7 Å². The third-order valence-electron chi connectivity index (χ3n) is 8.03. The number of fused-ring (bicyclic) bond motifs is 5. The second-order valence-electron chi connectivity index (χ2n) is 8.71. The van der Waals surface area contributed by atoms with Crippen LogP contribution in [0.25, 0.3) is 0 Å². The molecule has 3 unspecified atom stereocenters. The molecule has 0 aromatic carbocycles. The number of Topliss-reactive ketones (excluding diaryl/α,β-unsaturated/α-hetero) is 1. The summed E-state index contributed by atoms with van der Waals surface area (Å²) < 4.78 is 0. The highest BCUT2D eigenvalue weighted by molar-refractivity contribution is 5.91. The second kappa shape index (κ2) is 5.02. The van der Waals surface area contributed by atoms with Crippen LogP contribution in [0, 0.1) is 29.1 Å². The van der Waals surface area contributed by atoms with Gasteiger partial charge in [0.05, 0.1) is 0 Å². The molecule has 0 amide bonds. The molecule has 3 fully saturated rings. The monoisotopic (exact) mass is 316 g/mol. The van der Waals surface area contributed by atoms with Crippen LogP contribution in [0.1, 0.15) is 65.2 Å². The zero-order valence-corrected chi connectivity index (χ0v) is 14.3. The average molecular weight is 316 g/mol. The minimum absolute atomic E-state index is 0.0411. The smallest absolute Gasteiger partial charge is 0.161 e. The van der Waals surface area contributed by atoms with Crippen molar-refractivity contribution in [3.8, 4) is 0 Å². The fraction of sp³-hybridized carbons (Fsp3) is 0.800. The van der Waals surface area contributed by atoms with Crippen LogP contribution in [0.2, 0.25) is 0 Å². The Labute approximate surface area is 138 Å². The number of hydrogen-bond acceptors (Lipinski definition) is 3. The Morgan fingerprint density at radius 3 is 2.65 bits per heavy atom. The molecular formula is C20H28O3. The van der Waals surface area contributed by atoms with Crippen LogP contribution in [0.4, 0.5) is 0 Å². The van der Waals surface area contributed by atoms with Crippen LogP contribution >= 0.6 is 0 Å². The van der Waals surface area contributed by atoms with E-state index in [-0.39, 0.29) is 11.2 Å². The highest BCUT2D eigenvalue weighted by atomic mass is 16.3. The van der Waals surface area contributed by atoms with E-state index in [4.69, 9.17) is 0 Å². The van der Waals surface area contributed by atoms with Gasteiger partial charge in [-0.05, 0) is 81.6 Å². The first kappa shape index (κ1) is 15.6. The lowest BCUT2D eigenvalue weighted by atomic mass is 9.50. The number of rotatable bonds is 1. The van der Waals surface area contributed by atoms with Crippen molar-refractivity contribution in [3.05, 3.63) is 11.6 Å². The van der Waals surface area contributed by atoms with Gasteiger partial charge in [0.15, 0.2) is 11.6 Å². The van der Waals surface area contributed by atoms with Crippen LogP contribution in [-0.2, 0) is 9.59 Å². The quantitative estimate of drug-likeness (QED) is 0.806. The van der Waals surface area contributed by atoms with Gasteiger partial charge in [0, 0.05) is 11.8 Å². The summed E-state index contributed by atoms with van der Waals surface area (Å²) in [6.45, 7) is 3.73. The molecule has 0 saturated heterocycles. The molecule has 126 valence electrons. The molecule has 23 heavy (non-hydrogen) atoms. The molecule has 0 aliphatic heterocycles. The minimum Gasteiger partial charge on any atom is -0.382 e. The Balaban J connectivity index is 1.65. The third-order valence-corrected chi connectivity index (χ3v) is 8.03. The van der Waals surface area contributed by atoms with E-state index in [2.05, 4.69) is 6.92 Å². The lowest BCUT2D eigenvalue weighted by molar-refractivity contribution is -0.157. The molecule has 0 aromatic heterocycles. The molecule has 0 heterocycles. The van der Waals surface area contributed by atoms with E-state index >= 15 is 0 Å². The summed E-state index contributed by atoms with van der Waals surface area (Å²) in [7, 11) is 0. The summed E-state index contributed by atoms with van der Waals surface area (Å²) in [5, 5.41) is 11.1. The Hall–Kier alpha value is -0.960. The maximum Gasteiger partial charge on any atom is 0.161 e. The first-order valence-electron chi connectivity index (χ1n) is 9.33. The van der Waals surface area contributed by atoms with Gasteiger partial charge in [0.25, 0.3) is 0 Å². The molecule has 0 spiro atoms. The van der Waals surface area contributed by atoms with E-state index in [0.29, 0.717) is 42.3 Å². The first-order valence-corrected chi connectivity index (χ1v) is 9.33. The third kappa shape index (κ3) is 1.98. The normalized spacial score (nSPS) is 49.0. The maximum atomic E-state index is 12.2. The Morgan fingerprint density at radius 2 is 1.91 bits per heavy atom. The van der Waals surface area contributed by atoms with Crippen molar-refractivity contribution in [2.24, 2.45) is 29.1 Å². The van der Waals surface area contributed by atoms with Gasteiger partial charge in [-0.2, -0.15) is 0 Å². The average Bonchev–Trinajstić information content (AvgIpc) is 2.80. The summed E-state index contributed by atoms with van der Waals surface area (Å²) in [6.07, 6.45) is 9.51. The van der Waals surface area contributed by atoms with E-state index in [1.807, 2.05) is 6.08 Å². The van der Waals surface area contributed by atoms with Crippen molar-refractivity contribution in [2.75, 3.05) is 0 Å². The van der Waals surface area contributed by atoms with Gasteiger partial charge in [-0.3, -0.25) is 9.59 Å². The summed E-state index contributed by atoms with van der Waals surface area (Å²) in [4.78, 5) is 23.9. The Kier molecular flexibility index (Phi) is 3.39. The fourth-order valence-corrected chi connectivity index (χ4v) is 6.78. The predicted octanol–water partition coefficient (Wildman–Crippen LogP) is 3.45. The van der Waals surface area contributed by atoms with Crippen molar-refractivity contribution in [1.82, 2.24) is 0 Å². The summed E-state index contributed by atoms with van der Waals surface area (Å²) >= 11 is 0.